The molecule has 104 valence electrons. The lowest BCUT2D eigenvalue weighted by atomic mass is 9.95. The van der Waals surface area contributed by atoms with E-state index >= 15 is 0 Å². The summed E-state index contributed by atoms with van der Waals surface area (Å²) in [4.78, 5) is 0. The Morgan fingerprint density at radius 2 is 1.37 bits per heavy atom. The second-order valence-electron chi connectivity index (χ2n) is 5.19. The molecule has 0 heteroatoms. The Morgan fingerprint density at radius 3 is 1.89 bits per heavy atom. The molecular formula is C19H28. The topological polar surface area (TPSA) is 0 Å². The molecule has 0 heterocycles. The summed E-state index contributed by atoms with van der Waals surface area (Å²) in [7, 11) is 0. The molecule has 0 atom stereocenters. The fraction of sp³-hybridized carbons (Fsp3) is 0.474. The van der Waals surface area contributed by atoms with Gasteiger partial charge in [-0.05, 0) is 29.5 Å². The van der Waals surface area contributed by atoms with Gasteiger partial charge in [-0.3, -0.25) is 0 Å². The lowest BCUT2D eigenvalue weighted by Gasteiger charge is -2.10. The highest BCUT2D eigenvalue weighted by Gasteiger charge is 2.03. The van der Waals surface area contributed by atoms with Crippen molar-refractivity contribution in [1.29, 1.82) is 0 Å². The largest absolute Gasteiger partial charge is 0.0985 e. The van der Waals surface area contributed by atoms with Crippen molar-refractivity contribution >= 4 is 12.2 Å². The minimum atomic E-state index is 1.15. The van der Waals surface area contributed by atoms with Gasteiger partial charge < -0.3 is 0 Å². The molecule has 0 aliphatic heterocycles. The first-order chi connectivity index (χ1) is 9.33. The Bertz CT molecular complexity index is 361. The predicted molar refractivity (Wildman–Crippen MR) is 88.3 cm³/mol. The molecule has 0 saturated carbocycles. The normalized spacial score (nSPS) is 10.4. The van der Waals surface area contributed by atoms with E-state index in [9.17, 15) is 0 Å². The van der Waals surface area contributed by atoms with Crippen molar-refractivity contribution in [2.24, 2.45) is 0 Å². The van der Waals surface area contributed by atoms with Crippen molar-refractivity contribution in [3.63, 3.8) is 0 Å². The number of hydrogen-bond donors (Lipinski definition) is 0. The molecule has 0 saturated heterocycles. The maximum absolute atomic E-state index is 3.91. The van der Waals surface area contributed by atoms with Crippen LogP contribution in [0.3, 0.4) is 0 Å². The van der Waals surface area contributed by atoms with Crippen LogP contribution < -0.4 is 0 Å². The minimum absolute atomic E-state index is 1.15. The van der Waals surface area contributed by atoms with Gasteiger partial charge in [-0.25, -0.2) is 0 Å². The van der Waals surface area contributed by atoms with E-state index < -0.39 is 0 Å². The second-order valence-corrected chi connectivity index (χ2v) is 5.19. The molecule has 0 spiro atoms. The van der Waals surface area contributed by atoms with Crippen LogP contribution in [-0.2, 0) is 6.42 Å². The molecule has 1 aromatic rings. The standard InChI is InChI=1S/C19H28/c1-4-7-8-9-10-11-12-16-19-17(5-2)14-13-15-18(19)6-3/h5-6,13-15H,2-4,7-12,16H2,1H3. The summed E-state index contributed by atoms with van der Waals surface area (Å²) in [5.74, 6) is 0. The van der Waals surface area contributed by atoms with Crippen LogP contribution in [0.25, 0.3) is 12.2 Å². The molecule has 0 radical (unpaired) electrons. The first-order valence-electron chi connectivity index (χ1n) is 7.70. The number of rotatable bonds is 10. The lowest BCUT2D eigenvalue weighted by Crippen LogP contribution is -1.94. The second kappa shape index (κ2) is 9.61. The van der Waals surface area contributed by atoms with E-state index in [1.807, 2.05) is 12.2 Å². The van der Waals surface area contributed by atoms with Gasteiger partial charge in [-0.15, -0.1) is 0 Å². The zero-order valence-electron chi connectivity index (χ0n) is 12.5. The molecule has 1 rings (SSSR count). The summed E-state index contributed by atoms with van der Waals surface area (Å²) in [5, 5.41) is 0. The molecule has 0 fully saturated rings. The Balaban J connectivity index is 2.40. The summed E-state index contributed by atoms with van der Waals surface area (Å²) in [6, 6.07) is 6.38. The zero-order chi connectivity index (χ0) is 13.9. The van der Waals surface area contributed by atoms with Crippen LogP contribution in [0.5, 0.6) is 0 Å². The molecule has 0 bridgehead atoms. The molecule has 0 unspecified atom stereocenters. The highest BCUT2D eigenvalue weighted by Crippen LogP contribution is 2.20. The van der Waals surface area contributed by atoms with E-state index in [0.717, 1.165) is 6.42 Å². The third kappa shape index (κ3) is 5.46. The maximum Gasteiger partial charge on any atom is -0.0224 e. The van der Waals surface area contributed by atoms with Crippen molar-refractivity contribution in [2.75, 3.05) is 0 Å². The zero-order valence-corrected chi connectivity index (χ0v) is 12.5. The van der Waals surface area contributed by atoms with Crippen molar-refractivity contribution in [3.8, 4) is 0 Å². The SMILES string of the molecule is C=Cc1cccc(C=C)c1CCCCCCCCC. The van der Waals surface area contributed by atoms with E-state index in [4.69, 9.17) is 0 Å². The van der Waals surface area contributed by atoms with E-state index in [-0.39, 0.29) is 0 Å². The smallest absolute Gasteiger partial charge is 0.0224 e. The van der Waals surface area contributed by atoms with Crippen LogP contribution in [0.15, 0.2) is 31.4 Å². The number of hydrogen-bond acceptors (Lipinski definition) is 0. The van der Waals surface area contributed by atoms with Gasteiger partial charge in [-0.1, -0.05) is 89.0 Å². The van der Waals surface area contributed by atoms with Crippen LogP contribution in [0.4, 0.5) is 0 Å². The minimum Gasteiger partial charge on any atom is -0.0985 e. The monoisotopic (exact) mass is 256 g/mol. The van der Waals surface area contributed by atoms with Crippen molar-refractivity contribution in [1.82, 2.24) is 0 Å². The van der Waals surface area contributed by atoms with Gasteiger partial charge >= 0.3 is 0 Å². The Hall–Kier alpha value is -1.30. The van der Waals surface area contributed by atoms with Crippen LogP contribution in [0, 0.1) is 0 Å². The number of unbranched alkanes of at least 4 members (excludes halogenated alkanes) is 6. The first-order valence-corrected chi connectivity index (χ1v) is 7.70. The summed E-state index contributed by atoms with van der Waals surface area (Å²) in [6.45, 7) is 10.1. The highest BCUT2D eigenvalue weighted by molar-refractivity contribution is 5.62. The van der Waals surface area contributed by atoms with Gasteiger partial charge in [0.15, 0.2) is 0 Å². The fourth-order valence-electron chi connectivity index (χ4n) is 2.55. The molecular weight excluding hydrogens is 228 g/mol. The third-order valence-electron chi connectivity index (χ3n) is 3.72. The van der Waals surface area contributed by atoms with Gasteiger partial charge in [0.25, 0.3) is 0 Å². The van der Waals surface area contributed by atoms with Gasteiger partial charge in [0.1, 0.15) is 0 Å². The molecule has 19 heavy (non-hydrogen) atoms. The van der Waals surface area contributed by atoms with Gasteiger partial charge in [0.2, 0.25) is 0 Å². The van der Waals surface area contributed by atoms with Crippen molar-refractivity contribution in [2.45, 2.75) is 58.3 Å². The van der Waals surface area contributed by atoms with Crippen LogP contribution in [0.2, 0.25) is 0 Å². The highest BCUT2D eigenvalue weighted by atomic mass is 14.1. The van der Waals surface area contributed by atoms with Crippen LogP contribution >= 0.6 is 0 Å². The summed E-state index contributed by atoms with van der Waals surface area (Å²) < 4.78 is 0. The van der Waals surface area contributed by atoms with Crippen molar-refractivity contribution < 1.29 is 0 Å². The van der Waals surface area contributed by atoms with E-state index in [1.54, 1.807) is 0 Å². The third-order valence-corrected chi connectivity index (χ3v) is 3.72. The van der Waals surface area contributed by atoms with Crippen LogP contribution in [0.1, 0.15) is 68.6 Å². The molecule has 1 aromatic carbocycles. The first kappa shape index (κ1) is 15.8. The summed E-state index contributed by atoms with van der Waals surface area (Å²) >= 11 is 0. The average molecular weight is 256 g/mol. The molecule has 0 nitrogen and oxygen atoms in total. The molecule has 0 N–H and O–H groups in total. The summed E-state index contributed by atoms with van der Waals surface area (Å²) in [6.07, 6.45) is 14.6. The van der Waals surface area contributed by atoms with Gasteiger partial charge in [-0.2, -0.15) is 0 Å². The van der Waals surface area contributed by atoms with Gasteiger partial charge in [0, 0.05) is 0 Å². The molecule has 0 aliphatic rings. The fourth-order valence-corrected chi connectivity index (χ4v) is 2.55. The molecule has 0 amide bonds. The Morgan fingerprint density at radius 1 is 0.842 bits per heavy atom. The maximum atomic E-state index is 3.91. The predicted octanol–water partition coefficient (Wildman–Crippen LogP) is 6.27. The van der Waals surface area contributed by atoms with Gasteiger partial charge in [0.05, 0.1) is 0 Å². The summed E-state index contributed by atoms with van der Waals surface area (Å²) in [5.41, 5.74) is 3.95. The number of benzene rings is 1. The lowest BCUT2D eigenvalue weighted by molar-refractivity contribution is 0.589. The quantitative estimate of drug-likeness (QED) is 0.433. The molecule has 0 aromatic heterocycles. The molecule has 0 aliphatic carbocycles. The van der Waals surface area contributed by atoms with Crippen LogP contribution in [-0.4, -0.2) is 0 Å². The van der Waals surface area contributed by atoms with Crippen molar-refractivity contribution in [3.05, 3.63) is 48.0 Å². The Kier molecular flexibility index (Phi) is 7.97. The van der Waals surface area contributed by atoms with E-state index in [0.29, 0.717) is 0 Å². The van der Waals surface area contributed by atoms with E-state index in [1.165, 1.54) is 61.6 Å². The average Bonchev–Trinajstić information content (AvgIpc) is 2.46. The van der Waals surface area contributed by atoms with E-state index in [2.05, 4.69) is 38.3 Å². The Labute approximate surface area is 119 Å².